The van der Waals surface area contributed by atoms with Gasteiger partial charge in [-0.15, -0.1) is 36.4 Å². The fourth-order valence-corrected chi connectivity index (χ4v) is 2.20. The van der Waals surface area contributed by atoms with Gasteiger partial charge in [-0.2, -0.15) is 0 Å². The molecule has 1 aliphatic heterocycles. The standard InChI is InChI=1S/C7H8N2S2.ClH/c1-9-3-2-6-5(4-9)8-7(10)11-6;/h2-3H,4H2,1H3,(H,8,10);1H. The van der Waals surface area contributed by atoms with E-state index in [2.05, 4.69) is 34.8 Å². The van der Waals surface area contributed by atoms with Crippen molar-refractivity contribution in [3.05, 3.63) is 16.8 Å². The van der Waals surface area contributed by atoms with Crippen molar-refractivity contribution in [3.63, 3.8) is 0 Å². The molecule has 0 spiro atoms. The lowest BCUT2D eigenvalue weighted by Gasteiger charge is -2.16. The second kappa shape index (κ2) is 3.68. The van der Waals surface area contributed by atoms with Crippen LogP contribution in [0.3, 0.4) is 0 Å². The number of hydrogen-bond acceptors (Lipinski definition) is 4. The van der Waals surface area contributed by atoms with Crippen LogP contribution in [0.1, 0.15) is 10.6 Å². The fraction of sp³-hybridized carbons (Fsp3) is 0.286. The summed E-state index contributed by atoms with van der Waals surface area (Å²) in [6, 6.07) is 0. The van der Waals surface area contributed by atoms with Gasteiger partial charge in [-0.1, -0.05) is 0 Å². The van der Waals surface area contributed by atoms with E-state index < -0.39 is 0 Å². The van der Waals surface area contributed by atoms with Gasteiger partial charge in [-0.05, 0) is 6.08 Å². The van der Waals surface area contributed by atoms with Crippen molar-refractivity contribution in [3.8, 4) is 0 Å². The van der Waals surface area contributed by atoms with Crippen LogP contribution < -0.4 is 0 Å². The average Bonchev–Trinajstić information content (AvgIpc) is 2.27. The molecule has 5 heteroatoms. The maximum atomic E-state index is 4.29. The molecule has 12 heavy (non-hydrogen) atoms. The van der Waals surface area contributed by atoms with Gasteiger partial charge in [-0.25, -0.2) is 4.98 Å². The van der Waals surface area contributed by atoms with Crippen LogP contribution in [0, 0.1) is 0 Å². The van der Waals surface area contributed by atoms with Gasteiger partial charge in [0.25, 0.3) is 0 Å². The topological polar surface area (TPSA) is 16.1 Å². The van der Waals surface area contributed by atoms with Crippen LogP contribution in [0.25, 0.3) is 6.08 Å². The first-order valence-electron chi connectivity index (χ1n) is 3.33. The molecule has 0 saturated carbocycles. The molecule has 66 valence electrons. The van der Waals surface area contributed by atoms with Crippen molar-refractivity contribution in [2.24, 2.45) is 0 Å². The quantitative estimate of drug-likeness (QED) is 0.676. The molecular formula is C7H9ClN2S2. The predicted octanol–water partition coefficient (Wildman–Crippen LogP) is 2.27. The molecule has 0 fully saturated rings. The minimum absolute atomic E-state index is 0. The number of halogens is 1. The van der Waals surface area contributed by atoms with Crippen LogP contribution in [-0.2, 0) is 6.54 Å². The third-order valence-corrected chi connectivity index (χ3v) is 2.84. The van der Waals surface area contributed by atoms with E-state index in [1.807, 2.05) is 7.05 Å². The van der Waals surface area contributed by atoms with Crippen molar-refractivity contribution in [2.75, 3.05) is 7.05 Å². The molecule has 0 bridgehead atoms. The molecule has 0 saturated heterocycles. The molecule has 0 aliphatic carbocycles. The van der Waals surface area contributed by atoms with Gasteiger partial charge in [0.1, 0.15) is 4.34 Å². The average molecular weight is 221 g/mol. The predicted molar refractivity (Wildman–Crippen MR) is 57.1 cm³/mol. The second-order valence-electron chi connectivity index (χ2n) is 2.54. The summed E-state index contributed by atoms with van der Waals surface area (Å²) in [5, 5.41) is 0. The molecule has 2 rings (SSSR count). The Labute approximate surface area is 87.1 Å². The van der Waals surface area contributed by atoms with Gasteiger partial charge < -0.3 is 4.90 Å². The maximum Gasteiger partial charge on any atom is 0.147 e. The van der Waals surface area contributed by atoms with Crippen LogP contribution in [0.4, 0.5) is 0 Å². The SMILES string of the molecule is CN1C=Cc2sc(S)nc2C1.Cl. The largest absolute Gasteiger partial charge is 0.374 e. The van der Waals surface area contributed by atoms with Gasteiger partial charge >= 0.3 is 0 Å². The monoisotopic (exact) mass is 220 g/mol. The van der Waals surface area contributed by atoms with Crippen molar-refractivity contribution in [1.82, 2.24) is 9.88 Å². The van der Waals surface area contributed by atoms with Crippen molar-refractivity contribution >= 4 is 42.4 Å². The number of rotatable bonds is 0. The van der Waals surface area contributed by atoms with E-state index in [9.17, 15) is 0 Å². The van der Waals surface area contributed by atoms with Crippen molar-refractivity contribution < 1.29 is 0 Å². The Morgan fingerprint density at radius 1 is 1.67 bits per heavy atom. The molecule has 1 aromatic heterocycles. The van der Waals surface area contributed by atoms with Crippen molar-refractivity contribution in [1.29, 1.82) is 0 Å². The molecule has 2 nitrogen and oxygen atoms in total. The molecule has 0 atom stereocenters. The first-order valence-corrected chi connectivity index (χ1v) is 4.59. The Hall–Kier alpha value is -0.190. The normalized spacial score (nSPS) is 14.0. The summed E-state index contributed by atoms with van der Waals surface area (Å²) in [6.45, 7) is 0.906. The zero-order valence-electron chi connectivity index (χ0n) is 6.52. The van der Waals surface area contributed by atoms with Crippen LogP contribution in [-0.4, -0.2) is 16.9 Å². The third kappa shape index (κ3) is 1.76. The number of fused-ring (bicyclic) bond motifs is 1. The number of thiazole rings is 1. The van der Waals surface area contributed by atoms with Gasteiger partial charge in [0.2, 0.25) is 0 Å². The minimum atomic E-state index is 0. The molecule has 0 aromatic carbocycles. The summed E-state index contributed by atoms with van der Waals surface area (Å²) >= 11 is 5.83. The van der Waals surface area contributed by atoms with Gasteiger partial charge in [-0.3, -0.25) is 0 Å². The highest BCUT2D eigenvalue weighted by molar-refractivity contribution is 7.82. The molecule has 0 radical (unpaired) electrons. The second-order valence-corrected chi connectivity index (χ2v) is 4.30. The Morgan fingerprint density at radius 3 is 3.17 bits per heavy atom. The number of thiol groups is 1. The lowest BCUT2D eigenvalue weighted by Crippen LogP contribution is -2.13. The van der Waals surface area contributed by atoms with Crippen LogP contribution in [0.15, 0.2) is 10.5 Å². The fourth-order valence-electron chi connectivity index (χ4n) is 1.08. The van der Waals surface area contributed by atoms with Crippen LogP contribution in [0.2, 0.25) is 0 Å². The summed E-state index contributed by atoms with van der Waals surface area (Å²) in [5.74, 6) is 0. The highest BCUT2D eigenvalue weighted by atomic mass is 35.5. The van der Waals surface area contributed by atoms with E-state index in [-0.39, 0.29) is 12.4 Å². The summed E-state index contributed by atoms with van der Waals surface area (Å²) < 4.78 is 0.856. The first kappa shape index (κ1) is 9.89. The Bertz CT molecular complexity index is 308. The molecule has 0 N–H and O–H groups in total. The summed E-state index contributed by atoms with van der Waals surface area (Å²) in [6.07, 6.45) is 4.14. The molecule has 2 heterocycles. The molecule has 1 aromatic rings. The summed E-state index contributed by atoms with van der Waals surface area (Å²) in [7, 11) is 2.04. The zero-order valence-corrected chi connectivity index (χ0v) is 9.05. The number of nitrogens with zero attached hydrogens (tertiary/aromatic N) is 2. The first-order chi connectivity index (χ1) is 5.25. The molecular weight excluding hydrogens is 212 g/mol. The van der Waals surface area contributed by atoms with E-state index in [1.54, 1.807) is 11.3 Å². The van der Waals surface area contributed by atoms with E-state index in [0.717, 1.165) is 16.6 Å². The lowest BCUT2D eigenvalue weighted by molar-refractivity contribution is 0.441. The van der Waals surface area contributed by atoms with Crippen LogP contribution >= 0.6 is 36.4 Å². The number of aromatic nitrogens is 1. The lowest BCUT2D eigenvalue weighted by atomic mass is 10.3. The molecule has 1 aliphatic rings. The molecule has 0 amide bonds. The highest BCUT2D eigenvalue weighted by Gasteiger charge is 2.11. The maximum absolute atomic E-state index is 4.29. The van der Waals surface area contributed by atoms with Gasteiger partial charge in [0, 0.05) is 13.2 Å². The van der Waals surface area contributed by atoms with Crippen LogP contribution in [0.5, 0.6) is 0 Å². The van der Waals surface area contributed by atoms with E-state index in [1.165, 1.54) is 4.88 Å². The van der Waals surface area contributed by atoms with Crippen molar-refractivity contribution in [2.45, 2.75) is 10.9 Å². The summed E-state index contributed by atoms with van der Waals surface area (Å²) in [4.78, 5) is 7.64. The highest BCUT2D eigenvalue weighted by Crippen LogP contribution is 2.26. The van der Waals surface area contributed by atoms with E-state index in [4.69, 9.17) is 0 Å². The van der Waals surface area contributed by atoms with Gasteiger partial charge in [0.05, 0.1) is 17.1 Å². The minimum Gasteiger partial charge on any atom is -0.374 e. The number of hydrogen-bond donors (Lipinski definition) is 1. The van der Waals surface area contributed by atoms with E-state index in [0.29, 0.717) is 0 Å². The Balaban J connectivity index is 0.000000720. The third-order valence-electron chi connectivity index (χ3n) is 1.60. The molecule has 0 unspecified atom stereocenters. The summed E-state index contributed by atoms with van der Waals surface area (Å²) in [5.41, 5.74) is 1.14. The smallest absolute Gasteiger partial charge is 0.147 e. The van der Waals surface area contributed by atoms with Gasteiger partial charge in [0.15, 0.2) is 0 Å². The van der Waals surface area contributed by atoms with E-state index >= 15 is 0 Å². The Morgan fingerprint density at radius 2 is 2.42 bits per heavy atom. The Kier molecular flexibility index (Phi) is 3.04. The zero-order chi connectivity index (χ0) is 7.84.